The molecule has 1 aromatic carbocycles. The molecule has 1 saturated carbocycles. The predicted molar refractivity (Wildman–Crippen MR) is 99.6 cm³/mol. The molecule has 0 radical (unpaired) electrons. The molecule has 4 heteroatoms. The summed E-state index contributed by atoms with van der Waals surface area (Å²) in [5.74, 6) is 0.426. The zero-order valence-electron chi connectivity index (χ0n) is 15.4. The van der Waals surface area contributed by atoms with Crippen LogP contribution in [0.4, 0.5) is 0 Å². The van der Waals surface area contributed by atoms with Crippen LogP contribution < -0.4 is 0 Å². The van der Waals surface area contributed by atoms with Gasteiger partial charge in [0.25, 0.3) is 0 Å². The minimum absolute atomic E-state index is 0.181. The molecule has 2 aromatic rings. The first-order valence-corrected chi connectivity index (χ1v) is 9.52. The minimum atomic E-state index is -0.498. The summed E-state index contributed by atoms with van der Waals surface area (Å²) in [6, 6.07) is 6.72. The van der Waals surface area contributed by atoms with Crippen LogP contribution in [-0.2, 0) is 4.79 Å². The van der Waals surface area contributed by atoms with Crippen molar-refractivity contribution in [3.8, 4) is 0 Å². The number of fused-ring (bicyclic) bond motifs is 3. The molecule has 4 nitrogen and oxygen atoms in total. The predicted octanol–water partition coefficient (Wildman–Crippen LogP) is 3.87. The number of piperidine rings is 2. The Hall–Kier alpha value is -1.81. The Morgan fingerprint density at radius 1 is 1.40 bits per heavy atom. The lowest BCUT2D eigenvalue weighted by atomic mass is 9.66. The number of rotatable bonds is 4. The van der Waals surface area contributed by atoms with Crippen molar-refractivity contribution in [3.63, 3.8) is 0 Å². The molecular formula is C21H28N2O2. The molecule has 2 N–H and O–H groups in total. The second-order valence-corrected chi connectivity index (χ2v) is 8.20. The molecule has 1 aliphatic carbocycles. The van der Waals surface area contributed by atoms with Crippen molar-refractivity contribution in [2.75, 3.05) is 0 Å². The Balaban J connectivity index is 1.54. The molecule has 3 fully saturated rings. The summed E-state index contributed by atoms with van der Waals surface area (Å²) in [7, 11) is 0. The molecule has 2 aliphatic heterocycles. The minimum Gasteiger partial charge on any atom is -0.390 e. The number of hydrogen-bond acceptors (Lipinski definition) is 2. The molecule has 3 aliphatic rings. The first kappa shape index (κ1) is 16.6. The second-order valence-electron chi connectivity index (χ2n) is 8.20. The maximum Gasteiger partial charge on any atom is 0.223 e. The van der Waals surface area contributed by atoms with Crippen molar-refractivity contribution in [1.82, 2.24) is 9.88 Å². The summed E-state index contributed by atoms with van der Waals surface area (Å²) < 4.78 is 0. The van der Waals surface area contributed by atoms with Gasteiger partial charge in [-0.15, -0.1) is 0 Å². The first-order valence-electron chi connectivity index (χ1n) is 9.52. The smallest absolute Gasteiger partial charge is 0.223 e. The zero-order valence-corrected chi connectivity index (χ0v) is 15.4. The van der Waals surface area contributed by atoms with E-state index in [-0.39, 0.29) is 23.9 Å². The van der Waals surface area contributed by atoms with Gasteiger partial charge in [-0.2, -0.15) is 0 Å². The first-order chi connectivity index (χ1) is 11.9. The maximum atomic E-state index is 13.1. The molecule has 134 valence electrons. The lowest BCUT2D eigenvalue weighted by molar-refractivity contribution is -0.178. The molecule has 5 rings (SSSR count). The Morgan fingerprint density at radius 2 is 2.16 bits per heavy atom. The fourth-order valence-corrected chi connectivity index (χ4v) is 5.03. The molecular weight excluding hydrogens is 312 g/mol. The third kappa shape index (κ3) is 2.67. The van der Waals surface area contributed by atoms with Gasteiger partial charge in [0.1, 0.15) is 0 Å². The summed E-state index contributed by atoms with van der Waals surface area (Å²) in [6.45, 7) is 6.39. The van der Waals surface area contributed by atoms with E-state index >= 15 is 0 Å². The van der Waals surface area contributed by atoms with Gasteiger partial charge in [-0.05, 0) is 55.7 Å². The fourth-order valence-electron chi connectivity index (χ4n) is 5.03. The lowest BCUT2D eigenvalue weighted by Crippen LogP contribution is -2.67. The van der Waals surface area contributed by atoms with Crippen molar-refractivity contribution < 1.29 is 9.90 Å². The van der Waals surface area contributed by atoms with Crippen LogP contribution in [0.5, 0.6) is 0 Å². The topological polar surface area (TPSA) is 56.3 Å². The number of nitrogens with one attached hydrogen (secondary N) is 1. The van der Waals surface area contributed by atoms with Crippen LogP contribution >= 0.6 is 0 Å². The van der Waals surface area contributed by atoms with Crippen molar-refractivity contribution >= 4 is 16.8 Å². The van der Waals surface area contributed by atoms with Crippen molar-refractivity contribution in [2.45, 2.75) is 76.5 Å². The van der Waals surface area contributed by atoms with Gasteiger partial charge in [0.15, 0.2) is 0 Å². The number of aryl methyl sites for hydroxylation is 1. The Morgan fingerprint density at radius 3 is 2.88 bits per heavy atom. The van der Waals surface area contributed by atoms with E-state index in [2.05, 4.69) is 55.1 Å². The van der Waals surface area contributed by atoms with E-state index in [0.717, 1.165) is 31.2 Å². The normalized spacial score (nSPS) is 29.5. The monoisotopic (exact) mass is 340 g/mol. The van der Waals surface area contributed by atoms with Crippen LogP contribution in [-0.4, -0.2) is 38.6 Å². The quantitative estimate of drug-likeness (QED) is 0.887. The van der Waals surface area contributed by atoms with Crippen molar-refractivity contribution in [2.24, 2.45) is 0 Å². The van der Waals surface area contributed by atoms with Gasteiger partial charge < -0.3 is 15.0 Å². The molecule has 0 spiro atoms. The highest BCUT2D eigenvalue weighted by Gasteiger charge is 2.54. The second kappa shape index (κ2) is 5.87. The largest absolute Gasteiger partial charge is 0.390 e. The highest BCUT2D eigenvalue weighted by atomic mass is 16.3. The summed E-state index contributed by atoms with van der Waals surface area (Å²) >= 11 is 0. The lowest BCUT2D eigenvalue weighted by Gasteiger charge is -2.58. The number of hydrogen-bond donors (Lipinski definition) is 2. The van der Waals surface area contributed by atoms with Crippen molar-refractivity contribution in [1.29, 1.82) is 0 Å². The van der Waals surface area contributed by atoms with E-state index in [1.54, 1.807) is 0 Å². The average Bonchev–Trinajstić information content (AvgIpc) is 2.98. The van der Waals surface area contributed by atoms with Gasteiger partial charge >= 0.3 is 0 Å². The fraction of sp³-hybridized carbons (Fsp3) is 0.571. The highest BCUT2D eigenvalue weighted by molar-refractivity contribution is 5.88. The van der Waals surface area contributed by atoms with Gasteiger partial charge in [-0.25, -0.2) is 0 Å². The third-order valence-electron chi connectivity index (χ3n) is 6.35. The number of nitrogens with zero attached hydrogens (tertiary/aromatic N) is 1. The molecule has 2 saturated heterocycles. The molecule has 1 amide bonds. The number of amides is 1. The highest BCUT2D eigenvalue weighted by Crippen LogP contribution is 2.47. The van der Waals surface area contributed by atoms with Gasteiger partial charge in [-0.3, -0.25) is 4.79 Å². The summed E-state index contributed by atoms with van der Waals surface area (Å²) in [5.41, 5.74) is 3.13. The van der Waals surface area contributed by atoms with Crippen LogP contribution in [0.25, 0.3) is 10.9 Å². The van der Waals surface area contributed by atoms with E-state index in [1.165, 1.54) is 16.5 Å². The van der Waals surface area contributed by atoms with E-state index in [4.69, 9.17) is 0 Å². The Labute approximate surface area is 149 Å². The molecule has 2 atom stereocenters. The van der Waals surface area contributed by atoms with Crippen LogP contribution in [0.2, 0.25) is 0 Å². The number of H-pyrrole nitrogens is 1. The average molecular weight is 340 g/mol. The zero-order chi connectivity index (χ0) is 17.8. The number of aliphatic hydroxyl groups is 1. The maximum absolute atomic E-state index is 13.1. The molecule has 25 heavy (non-hydrogen) atoms. The molecule has 1 aromatic heterocycles. The molecule has 2 bridgehead atoms. The number of aromatic nitrogens is 1. The molecule has 3 heterocycles. The summed E-state index contributed by atoms with van der Waals surface area (Å²) in [6.07, 6.45) is 5.78. The van der Waals surface area contributed by atoms with Gasteiger partial charge in [0.05, 0.1) is 5.60 Å². The van der Waals surface area contributed by atoms with Gasteiger partial charge in [0.2, 0.25) is 5.91 Å². The number of aromatic amines is 1. The number of carbonyl (C=O) groups is 1. The Kier molecular flexibility index (Phi) is 3.91. The van der Waals surface area contributed by atoms with Crippen LogP contribution in [0.1, 0.15) is 63.0 Å². The van der Waals surface area contributed by atoms with Crippen LogP contribution in [0, 0.1) is 6.92 Å². The molecule has 2 unspecified atom stereocenters. The van der Waals surface area contributed by atoms with Crippen LogP contribution in [0.15, 0.2) is 24.4 Å². The summed E-state index contributed by atoms with van der Waals surface area (Å²) in [4.78, 5) is 18.5. The number of benzene rings is 1. The van der Waals surface area contributed by atoms with Gasteiger partial charge in [0, 0.05) is 35.6 Å². The van der Waals surface area contributed by atoms with E-state index < -0.39 is 5.60 Å². The number of carbonyl (C=O) groups excluding carboxylic acids is 1. The summed E-state index contributed by atoms with van der Waals surface area (Å²) in [5, 5.41) is 11.6. The SMILES string of the molecule is CCC1CC2(O)CC(C2)N1C(=O)CC(C)c1c[nH]c2cccc(C)c12. The van der Waals surface area contributed by atoms with E-state index in [0.29, 0.717) is 6.42 Å². The van der Waals surface area contributed by atoms with Crippen molar-refractivity contribution in [3.05, 3.63) is 35.5 Å². The standard InChI is InChI=1S/C21H28N2O2/c1-4-15-9-21(25)10-16(11-21)23(15)19(24)8-14(3)17-12-22-18-7-5-6-13(2)20(17)18/h5-7,12,14-16,22,25H,4,8-11H2,1-3H3. The van der Waals surface area contributed by atoms with Crippen LogP contribution in [0.3, 0.4) is 0 Å². The third-order valence-corrected chi connectivity index (χ3v) is 6.35. The van der Waals surface area contributed by atoms with E-state index in [9.17, 15) is 9.90 Å². The van der Waals surface area contributed by atoms with E-state index in [1.807, 2.05) is 0 Å². The van der Waals surface area contributed by atoms with Gasteiger partial charge in [-0.1, -0.05) is 26.0 Å². The Bertz CT molecular complexity index is 803.